The molecule has 0 fully saturated rings. The zero-order valence-electron chi connectivity index (χ0n) is 12.5. The number of rotatable bonds is 10. The molecule has 1 N–H and O–H groups in total. The summed E-state index contributed by atoms with van der Waals surface area (Å²) in [6, 6.07) is 0.457. The molecule has 3 heteroatoms. The topological polar surface area (TPSA) is 30.5 Å². The van der Waals surface area contributed by atoms with Gasteiger partial charge in [-0.2, -0.15) is 0 Å². The summed E-state index contributed by atoms with van der Waals surface area (Å²) in [5.41, 5.74) is -0.0507. The Balaban J connectivity index is 3.42. The van der Waals surface area contributed by atoms with Crippen LogP contribution in [0, 0.1) is 5.92 Å². The van der Waals surface area contributed by atoms with Crippen molar-refractivity contribution in [1.29, 1.82) is 0 Å². The average molecular weight is 245 g/mol. The monoisotopic (exact) mass is 245 g/mol. The lowest BCUT2D eigenvalue weighted by molar-refractivity contribution is 0.00785. The predicted octanol–water partition coefficient (Wildman–Crippen LogP) is 2.84. The van der Waals surface area contributed by atoms with Gasteiger partial charge in [-0.25, -0.2) is 0 Å². The van der Waals surface area contributed by atoms with Crippen molar-refractivity contribution in [3.8, 4) is 0 Å². The molecule has 0 bridgehead atoms. The van der Waals surface area contributed by atoms with Crippen LogP contribution in [0.1, 0.15) is 47.5 Å². The Morgan fingerprint density at radius 3 is 2.29 bits per heavy atom. The van der Waals surface area contributed by atoms with Crippen molar-refractivity contribution in [1.82, 2.24) is 5.32 Å². The molecule has 0 spiro atoms. The zero-order chi connectivity index (χ0) is 13.3. The Bertz CT molecular complexity index is 181. The van der Waals surface area contributed by atoms with Crippen LogP contribution in [0.25, 0.3) is 0 Å². The van der Waals surface area contributed by atoms with Crippen molar-refractivity contribution in [2.45, 2.75) is 59.1 Å². The van der Waals surface area contributed by atoms with E-state index in [1.807, 2.05) is 0 Å². The maximum Gasteiger partial charge on any atom is 0.0637 e. The molecule has 0 aliphatic rings. The van der Waals surface area contributed by atoms with Gasteiger partial charge in [0.05, 0.1) is 12.2 Å². The van der Waals surface area contributed by atoms with Crippen molar-refractivity contribution in [3.63, 3.8) is 0 Å². The van der Waals surface area contributed by atoms with Gasteiger partial charge in [0, 0.05) is 26.3 Å². The molecule has 0 aromatic carbocycles. The molecule has 0 aromatic rings. The quantitative estimate of drug-likeness (QED) is 0.600. The molecule has 0 rings (SSSR count). The summed E-state index contributed by atoms with van der Waals surface area (Å²) in [7, 11) is 1.77. The largest absolute Gasteiger partial charge is 0.380 e. The molecule has 17 heavy (non-hydrogen) atoms. The van der Waals surface area contributed by atoms with Gasteiger partial charge in [0.25, 0.3) is 0 Å². The van der Waals surface area contributed by atoms with E-state index in [-0.39, 0.29) is 5.60 Å². The molecule has 3 nitrogen and oxygen atoms in total. The number of hydrogen-bond acceptors (Lipinski definition) is 3. The Labute approximate surface area is 107 Å². The van der Waals surface area contributed by atoms with E-state index < -0.39 is 0 Å². The number of ether oxygens (including phenoxy) is 2. The van der Waals surface area contributed by atoms with E-state index in [9.17, 15) is 0 Å². The van der Waals surface area contributed by atoms with Crippen molar-refractivity contribution in [2.75, 3.05) is 26.9 Å². The van der Waals surface area contributed by atoms with Crippen molar-refractivity contribution in [3.05, 3.63) is 0 Å². The van der Waals surface area contributed by atoms with Gasteiger partial charge in [0.15, 0.2) is 0 Å². The van der Waals surface area contributed by atoms with Crippen LogP contribution in [0.15, 0.2) is 0 Å². The summed E-state index contributed by atoms with van der Waals surface area (Å²) in [6.45, 7) is 13.4. The Morgan fingerprint density at radius 1 is 1.12 bits per heavy atom. The van der Waals surface area contributed by atoms with E-state index in [2.05, 4.69) is 39.9 Å². The summed E-state index contributed by atoms with van der Waals surface area (Å²) in [5, 5.41) is 3.46. The second kappa shape index (κ2) is 8.90. The summed E-state index contributed by atoms with van der Waals surface area (Å²) in [4.78, 5) is 0. The van der Waals surface area contributed by atoms with Crippen LogP contribution in [0.5, 0.6) is 0 Å². The Kier molecular flexibility index (Phi) is 8.83. The highest BCUT2D eigenvalue weighted by molar-refractivity contribution is 4.75. The molecule has 0 aliphatic carbocycles. The first-order chi connectivity index (χ1) is 7.87. The highest BCUT2D eigenvalue weighted by Gasteiger charge is 2.19. The van der Waals surface area contributed by atoms with E-state index in [0.29, 0.717) is 6.04 Å². The zero-order valence-corrected chi connectivity index (χ0v) is 12.5. The fraction of sp³-hybridized carbons (Fsp3) is 1.00. The van der Waals surface area contributed by atoms with Crippen LogP contribution in [0.2, 0.25) is 0 Å². The normalized spacial score (nSPS) is 14.3. The fourth-order valence-electron chi connectivity index (χ4n) is 1.69. The third-order valence-corrected chi connectivity index (χ3v) is 2.93. The summed E-state index contributed by atoms with van der Waals surface area (Å²) in [6.07, 6.45) is 2.15. The minimum absolute atomic E-state index is 0.0507. The Morgan fingerprint density at radius 2 is 1.76 bits per heavy atom. The predicted molar refractivity (Wildman–Crippen MR) is 73.4 cm³/mol. The third-order valence-electron chi connectivity index (χ3n) is 2.93. The maximum absolute atomic E-state index is 5.56. The molecule has 0 aliphatic heterocycles. The standard InChI is InChI=1S/C14H31NO2/c1-12(2)7-9-17-10-8-15-13(3)11-14(4,5)16-6/h12-13,15H,7-11H2,1-6H3. The van der Waals surface area contributed by atoms with Crippen molar-refractivity contribution in [2.24, 2.45) is 5.92 Å². The lowest BCUT2D eigenvalue weighted by atomic mass is 10.00. The first-order valence-corrected chi connectivity index (χ1v) is 6.73. The van der Waals surface area contributed by atoms with Gasteiger partial charge in [0.2, 0.25) is 0 Å². The molecule has 0 heterocycles. The molecular weight excluding hydrogens is 214 g/mol. The second-order valence-electron chi connectivity index (χ2n) is 5.82. The van der Waals surface area contributed by atoms with Crippen LogP contribution >= 0.6 is 0 Å². The second-order valence-corrected chi connectivity index (χ2v) is 5.82. The molecular formula is C14H31NO2. The van der Waals surface area contributed by atoms with E-state index in [0.717, 1.165) is 38.5 Å². The average Bonchev–Trinajstić information content (AvgIpc) is 2.22. The van der Waals surface area contributed by atoms with Gasteiger partial charge in [-0.3, -0.25) is 0 Å². The SMILES string of the molecule is COC(C)(C)CC(C)NCCOCCC(C)C. The molecule has 1 unspecified atom stereocenters. The van der Waals surface area contributed by atoms with Gasteiger partial charge in [-0.05, 0) is 39.5 Å². The minimum Gasteiger partial charge on any atom is -0.380 e. The van der Waals surface area contributed by atoms with Gasteiger partial charge >= 0.3 is 0 Å². The highest BCUT2D eigenvalue weighted by atomic mass is 16.5. The maximum atomic E-state index is 5.56. The first kappa shape index (κ1) is 16.9. The van der Waals surface area contributed by atoms with Crippen LogP contribution in [0.4, 0.5) is 0 Å². The number of hydrogen-bond donors (Lipinski definition) is 1. The molecule has 0 radical (unpaired) electrons. The molecule has 0 aromatic heterocycles. The third kappa shape index (κ3) is 10.7. The van der Waals surface area contributed by atoms with Crippen molar-refractivity contribution >= 4 is 0 Å². The van der Waals surface area contributed by atoms with Gasteiger partial charge < -0.3 is 14.8 Å². The van der Waals surface area contributed by atoms with Crippen molar-refractivity contribution < 1.29 is 9.47 Å². The lowest BCUT2D eigenvalue weighted by Gasteiger charge is -2.27. The van der Waals surface area contributed by atoms with Crippen LogP contribution in [0.3, 0.4) is 0 Å². The Hall–Kier alpha value is -0.120. The molecule has 0 saturated carbocycles. The van der Waals surface area contributed by atoms with Crippen LogP contribution in [-0.2, 0) is 9.47 Å². The molecule has 0 amide bonds. The molecule has 0 saturated heterocycles. The van der Waals surface area contributed by atoms with Gasteiger partial charge in [0.1, 0.15) is 0 Å². The van der Waals surface area contributed by atoms with Crippen LogP contribution in [-0.4, -0.2) is 38.5 Å². The van der Waals surface area contributed by atoms with E-state index in [1.54, 1.807) is 7.11 Å². The van der Waals surface area contributed by atoms with Crippen LogP contribution < -0.4 is 5.32 Å². The summed E-state index contributed by atoms with van der Waals surface area (Å²) < 4.78 is 11.0. The summed E-state index contributed by atoms with van der Waals surface area (Å²) in [5.74, 6) is 0.726. The summed E-state index contributed by atoms with van der Waals surface area (Å²) >= 11 is 0. The molecule has 104 valence electrons. The van der Waals surface area contributed by atoms with Gasteiger partial charge in [-0.15, -0.1) is 0 Å². The minimum atomic E-state index is -0.0507. The van der Waals surface area contributed by atoms with Gasteiger partial charge in [-0.1, -0.05) is 13.8 Å². The van der Waals surface area contributed by atoms with E-state index in [4.69, 9.17) is 9.47 Å². The lowest BCUT2D eigenvalue weighted by Crippen LogP contribution is -2.37. The van der Waals surface area contributed by atoms with E-state index >= 15 is 0 Å². The first-order valence-electron chi connectivity index (χ1n) is 6.73. The number of nitrogens with one attached hydrogen (secondary N) is 1. The van der Waals surface area contributed by atoms with E-state index in [1.165, 1.54) is 0 Å². The molecule has 1 atom stereocenters. The highest BCUT2D eigenvalue weighted by Crippen LogP contribution is 2.14. The fourth-order valence-corrected chi connectivity index (χ4v) is 1.69. The smallest absolute Gasteiger partial charge is 0.0637 e. The number of methoxy groups -OCH3 is 1.